The molecule has 0 aromatic carbocycles. The second kappa shape index (κ2) is 2.51. The summed E-state index contributed by atoms with van der Waals surface area (Å²) in [7, 11) is 0. The number of fused-ring (bicyclic) bond motifs is 1. The minimum absolute atomic E-state index is 0.355. The van der Waals surface area contributed by atoms with Crippen molar-refractivity contribution in [2.45, 2.75) is 19.8 Å². The van der Waals surface area contributed by atoms with Crippen molar-refractivity contribution in [3.05, 3.63) is 18.2 Å². The Balaban J connectivity index is 2.70. The maximum atomic E-state index is 4.01. The van der Waals surface area contributed by atoms with Crippen molar-refractivity contribution in [3.63, 3.8) is 0 Å². The van der Waals surface area contributed by atoms with E-state index >= 15 is 0 Å². The van der Waals surface area contributed by atoms with Gasteiger partial charge in [0.2, 0.25) is 0 Å². The van der Waals surface area contributed by atoms with Crippen molar-refractivity contribution < 1.29 is 0 Å². The third-order valence-electron chi connectivity index (χ3n) is 1.69. The zero-order valence-electron chi connectivity index (χ0n) is 6.97. The Morgan fingerprint density at radius 1 is 1.42 bits per heavy atom. The number of hydrogen-bond donors (Lipinski definition) is 0. The van der Waals surface area contributed by atoms with Crippen LogP contribution in [0.5, 0.6) is 0 Å². The summed E-state index contributed by atoms with van der Waals surface area (Å²) in [5.74, 6) is 0.355. The van der Waals surface area contributed by atoms with Gasteiger partial charge < -0.3 is 0 Å². The van der Waals surface area contributed by atoms with Gasteiger partial charge in [-0.25, -0.2) is 4.98 Å². The first-order valence-electron chi connectivity index (χ1n) is 3.80. The highest BCUT2D eigenvalue weighted by molar-refractivity contribution is 5.48. The molecule has 12 heavy (non-hydrogen) atoms. The monoisotopic (exact) mass is 163 g/mol. The Morgan fingerprint density at radius 2 is 2.25 bits per heavy atom. The molecule has 2 aromatic heterocycles. The van der Waals surface area contributed by atoms with Crippen LogP contribution >= 0.6 is 0 Å². The van der Waals surface area contributed by atoms with Crippen LogP contribution in [0.25, 0.3) is 5.52 Å². The number of aromatic nitrogens is 5. The van der Waals surface area contributed by atoms with E-state index in [0.717, 1.165) is 11.2 Å². The van der Waals surface area contributed by atoms with E-state index in [1.165, 1.54) is 11.0 Å². The molecule has 0 spiro atoms. The van der Waals surface area contributed by atoms with Crippen molar-refractivity contribution >= 4 is 5.52 Å². The van der Waals surface area contributed by atoms with Gasteiger partial charge in [-0.15, -0.1) is 14.8 Å². The van der Waals surface area contributed by atoms with E-state index in [4.69, 9.17) is 0 Å². The van der Waals surface area contributed by atoms with Crippen LogP contribution in [0.4, 0.5) is 0 Å². The molecule has 0 unspecified atom stereocenters. The van der Waals surface area contributed by atoms with Gasteiger partial charge in [0.15, 0.2) is 0 Å². The summed E-state index contributed by atoms with van der Waals surface area (Å²) < 4.78 is 1.49. The molecule has 0 aliphatic rings. The summed E-state index contributed by atoms with van der Waals surface area (Å²) in [6.07, 6.45) is 3.17. The van der Waals surface area contributed by atoms with Crippen LogP contribution in [0, 0.1) is 0 Å². The average Bonchev–Trinajstić information content (AvgIpc) is 2.47. The molecule has 0 fully saturated rings. The molecule has 2 rings (SSSR count). The molecular weight excluding hydrogens is 154 g/mol. The lowest BCUT2D eigenvalue weighted by atomic mass is 10.1. The average molecular weight is 163 g/mol. The van der Waals surface area contributed by atoms with Crippen molar-refractivity contribution in [3.8, 4) is 0 Å². The fraction of sp³-hybridized carbons (Fsp3) is 0.429. The van der Waals surface area contributed by atoms with Crippen molar-refractivity contribution in [1.29, 1.82) is 0 Å². The Hall–Kier alpha value is -1.52. The maximum absolute atomic E-state index is 4.01. The van der Waals surface area contributed by atoms with Gasteiger partial charge in [0.25, 0.3) is 0 Å². The van der Waals surface area contributed by atoms with E-state index in [0.29, 0.717) is 5.92 Å². The summed E-state index contributed by atoms with van der Waals surface area (Å²) in [4.78, 5) is 3.92. The Morgan fingerprint density at radius 3 is 3.00 bits per heavy atom. The van der Waals surface area contributed by atoms with Gasteiger partial charge in [-0.3, -0.25) is 0 Å². The molecule has 0 amide bonds. The normalized spacial score (nSPS) is 11.2. The first-order chi connectivity index (χ1) is 5.79. The van der Waals surface area contributed by atoms with Gasteiger partial charge >= 0.3 is 0 Å². The molecule has 62 valence electrons. The smallest absolute Gasteiger partial charge is 0.138 e. The van der Waals surface area contributed by atoms with Gasteiger partial charge in [0.05, 0.1) is 11.9 Å². The first kappa shape index (κ1) is 7.15. The molecule has 0 saturated heterocycles. The fourth-order valence-corrected chi connectivity index (χ4v) is 1.09. The van der Waals surface area contributed by atoms with Gasteiger partial charge in [0.1, 0.15) is 11.8 Å². The van der Waals surface area contributed by atoms with Crippen LogP contribution in [-0.2, 0) is 0 Å². The largest absolute Gasteiger partial charge is 0.241 e. The van der Waals surface area contributed by atoms with Crippen LogP contribution in [0.3, 0.4) is 0 Å². The van der Waals surface area contributed by atoms with E-state index in [2.05, 4.69) is 34.2 Å². The lowest BCUT2D eigenvalue weighted by Gasteiger charge is -1.96. The topological polar surface area (TPSA) is 56.0 Å². The van der Waals surface area contributed by atoms with Crippen LogP contribution in [-0.4, -0.2) is 25.0 Å². The second-order valence-electron chi connectivity index (χ2n) is 2.91. The lowest BCUT2D eigenvalue weighted by Crippen LogP contribution is -1.94. The van der Waals surface area contributed by atoms with Crippen molar-refractivity contribution in [1.82, 2.24) is 25.0 Å². The molecular formula is C7H9N5. The summed E-state index contributed by atoms with van der Waals surface area (Å²) >= 11 is 0. The predicted molar refractivity (Wildman–Crippen MR) is 42.7 cm³/mol. The van der Waals surface area contributed by atoms with Crippen LogP contribution < -0.4 is 0 Å². The molecule has 5 nitrogen and oxygen atoms in total. The third-order valence-corrected chi connectivity index (χ3v) is 1.69. The molecule has 0 N–H and O–H groups in total. The summed E-state index contributed by atoms with van der Waals surface area (Å²) in [6, 6.07) is 0. The van der Waals surface area contributed by atoms with Crippen molar-refractivity contribution in [2.75, 3.05) is 0 Å². The molecule has 0 aliphatic heterocycles. The minimum Gasteiger partial charge on any atom is -0.241 e. The zero-order valence-corrected chi connectivity index (χ0v) is 6.97. The molecule has 0 bridgehead atoms. The van der Waals surface area contributed by atoms with Gasteiger partial charge in [-0.05, 0) is 11.1 Å². The highest BCUT2D eigenvalue weighted by atomic mass is 15.5. The maximum Gasteiger partial charge on any atom is 0.138 e. The highest BCUT2D eigenvalue weighted by Crippen LogP contribution is 2.14. The molecule has 0 atom stereocenters. The quantitative estimate of drug-likeness (QED) is 0.619. The summed E-state index contributed by atoms with van der Waals surface area (Å²) in [6.45, 7) is 4.13. The molecule has 0 radical (unpaired) electrons. The van der Waals surface area contributed by atoms with E-state index < -0.39 is 0 Å². The Kier molecular flexibility index (Phi) is 1.49. The van der Waals surface area contributed by atoms with Gasteiger partial charge in [0, 0.05) is 0 Å². The van der Waals surface area contributed by atoms with E-state index in [1.54, 1.807) is 6.20 Å². The first-order valence-corrected chi connectivity index (χ1v) is 3.80. The van der Waals surface area contributed by atoms with Crippen molar-refractivity contribution in [2.24, 2.45) is 0 Å². The zero-order chi connectivity index (χ0) is 8.55. The van der Waals surface area contributed by atoms with E-state index in [9.17, 15) is 0 Å². The number of nitrogens with zero attached hydrogens (tertiary/aromatic N) is 5. The Bertz CT molecular complexity index is 391. The van der Waals surface area contributed by atoms with Gasteiger partial charge in [-0.2, -0.15) is 0 Å². The second-order valence-corrected chi connectivity index (χ2v) is 2.91. The highest BCUT2D eigenvalue weighted by Gasteiger charge is 2.09. The molecule has 2 aromatic rings. The van der Waals surface area contributed by atoms with Gasteiger partial charge in [-0.1, -0.05) is 13.8 Å². The van der Waals surface area contributed by atoms with E-state index in [1.807, 2.05) is 0 Å². The van der Waals surface area contributed by atoms with Crippen LogP contribution in [0.2, 0.25) is 0 Å². The van der Waals surface area contributed by atoms with Crippen LogP contribution in [0.1, 0.15) is 25.5 Å². The Labute approximate surface area is 69.4 Å². The molecule has 5 heteroatoms. The minimum atomic E-state index is 0.355. The number of hydrogen-bond acceptors (Lipinski definition) is 4. The predicted octanol–water partition coefficient (Wildman–Crippen LogP) is 0.643. The SMILES string of the molecule is CC(C)c1nnn2ncncc12. The third kappa shape index (κ3) is 0.939. The molecule has 2 heterocycles. The lowest BCUT2D eigenvalue weighted by molar-refractivity contribution is 0.722. The summed E-state index contributed by atoms with van der Waals surface area (Å²) in [5.41, 5.74) is 1.82. The molecule has 0 aliphatic carbocycles. The summed E-state index contributed by atoms with van der Waals surface area (Å²) in [5, 5.41) is 11.8. The standard InChI is InChI=1S/C7H9N5/c1-5(2)7-6-3-8-4-9-12(6)11-10-7/h3-5H,1-2H3. The van der Waals surface area contributed by atoms with Crippen LogP contribution in [0.15, 0.2) is 12.5 Å². The molecule has 0 saturated carbocycles. The van der Waals surface area contributed by atoms with E-state index in [-0.39, 0.29) is 0 Å². The number of rotatable bonds is 1. The fourth-order valence-electron chi connectivity index (χ4n) is 1.09.